The molecule has 1 amide bonds. The Kier molecular flexibility index (Phi) is 4.51. The predicted octanol–water partition coefficient (Wildman–Crippen LogP) is 2.52. The van der Waals surface area contributed by atoms with Crippen molar-refractivity contribution in [1.29, 1.82) is 0 Å². The second-order valence-corrected chi connectivity index (χ2v) is 5.01. The van der Waals surface area contributed by atoms with E-state index >= 15 is 0 Å². The molecule has 1 aromatic heterocycles. The van der Waals surface area contributed by atoms with Crippen molar-refractivity contribution in [2.24, 2.45) is 0 Å². The van der Waals surface area contributed by atoms with Gasteiger partial charge < -0.3 is 15.4 Å². The first-order valence-corrected chi connectivity index (χ1v) is 6.52. The minimum atomic E-state index is -1.46. The molecular formula is C13H11BrF2N2O2. The molecular weight excluding hydrogens is 334 g/mol. The molecule has 7 heteroatoms. The fourth-order valence-electron chi connectivity index (χ4n) is 1.71. The van der Waals surface area contributed by atoms with Gasteiger partial charge in [-0.15, -0.1) is 0 Å². The lowest BCUT2D eigenvalue weighted by Gasteiger charge is -2.13. The number of rotatable bonds is 4. The first-order chi connectivity index (χ1) is 9.49. The molecule has 0 saturated carbocycles. The minimum Gasteiger partial charge on any atom is -0.386 e. The molecule has 1 heterocycles. The number of benzene rings is 1. The summed E-state index contributed by atoms with van der Waals surface area (Å²) >= 11 is 3.18. The Balaban J connectivity index is 2.02. The van der Waals surface area contributed by atoms with Crippen LogP contribution < -0.4 is 5.32 Å². The van der Waals surface area contributed by atoms with E-state index in [-0.39, 0.29) is 12.2 Å². The number of aliphatic hydroxyl groups excluding tert-OH is 1. The Bertz CT molecular complexity index is 610. The lowest BCUT2D eigenvalue weighted by Crippen LogP contribution is -2.29. The topological polar surface area (TPSA) is 65.1 Å². The average molecular weight is 345 g/mol. The van der Waals surface area contributed by atoms with Crippen molar-refractivity contribution in [3.63, 3.8) is 0 Å². The first-order valence-electron chi connectivity index (χ1n) is 5.73. The van der Waals surface area contributed by atoms with E-state index in [4.69, 9.17) is 0 Å². The zero-order valence-corrected chi connectivity index (χ0v) is 11.7. The molecule has 0 aliphatic rings. The molecule has 106 valence electrons. The summed E-state index contributed by atoms with van der Waals surface area (Å²) in [6.07, 6.45) is 0.112. The Labute approximate surface area is 121 Å². The second kappa shape index (κ2) is 6.15. The standard InChI is InChI=1S/C13H11BrF2N2O2/c14-7-4-10(17-5-7)13(20)18-6-11(19)12-8(15)2-1-3-9(12)16/h1-5,11,17,19H,6H2,(H,18,20)/t11-/m0/s1. The zero-order valence-electron chi connectivity index (χ0n) is 10.2. The molecule has 0 unspecified atom stereocenters. The summed E-state index contributed by atoms with van der Waals surface area (Å²) < 4.78 is 27.6. The molecule has 2 aromatic rings. The largest absolute Gasteiger partial charge is 0.386 e. The molecule has 0 fully saturated rings. The maximum Gasteiger partial charge on any atom is 0.267 e. The van der Waals surface area contributed by atoms with Crippen LogP contribution in [0, 0.1) is 11.6 Å². The Hall–Kier alpha value is -1.73. The van der Waals surface area contributed by atoms with Crippen LogP contribution in [0.1, 0.15) is 22.2 Å². The summed E-state index contributed by atoms with van der Waals surface area (Å²) in [5.41, 5.74) is -0.182. The highest BCUT2D eigenvalue weighted by atomic mass is 79.9. The van der Waals surface area contributed by atoms with E-state index in [0.29, 0.717) is 4.47 Å². The molecule has 20 heavy (non-hydrogen) atoms. The van der Waals surface area contributed by atoms with Crippen LogP contribution in [0.15, 0.2) is 34.9 Å². The fraction of sp³-hybridized carbons (Fsp3) is 0.154. The molecule has 0 spiro atoms. The summed E-state index contributed by atoms with van der Waals surface area (Å²) in [4.78, 5) is 14.4. The molecule has 4 nitrogen and oxygen atoms in total. The molecule has 0 aliphatic heterocycles. The molecule has 0 bridgehead atoms. The summed E-state index contributed by atoms with van der Waals surface area (Å²) in [7, 11) is 0. The number of hydrogen-bond acceptors (Lipinski definition) is 2. The van der Waals surface area contributed by atoms with E-state index in [1.165, 1.54) is 6.07 Å². The average Bonchev–Trinajstić information content (AvgIpc) is 2.82. The van der Waals surface area contributed by atoms with Crippen LogP contribution in [0.3, 0.4) is 0 Å². The van der Waals surface area contributed by atoms with Crippen LogP contribution in [-0.4, -0.2) is 22.5 Å². The van der Waals surface area contributed by atoms with Crippen molar-refractivity contribution < 1.29 is 18.7 Å². The third-order valence-electron chi connectivity index (χ3n) is 2.68. The normalized spacial score (nSPS) is 12.2. The van der Waals surface area contributed by atoms with Crippen LogP contribution in [0.4, 0.5) is 8.78 Å². The third kappa shape index (κ3) is 3.23. The quantitative estimate of drug-likeness (QED) is 0.797. The van der Waals surface area contributed by atoms with Crippen LogP contribution >= 0.6 is 15.9 Å². The van der Waals surface area contributed by atoms with Gasteiger partial charge >= 0.3 is 0 Å². The highest BCUT2D eigenvalue weighted by molar-refractivity contribution is 9.10. The first kappa shape index (κ1) is 14.7. The van der Waals surface area contributed by atoms with Crippen molar-refractivity contribution in [2.75, 3.05) is 6.54 Å². The number of H-pyrrole nitrogens is 1. The van der Waals surface area contributed by atoms with Gasteiger partial charge in [-0.25, -0.2) is 8.78 Å². The molecule has 0 aliphatic carbocycles. The van der Waals surface area contributed by atoms with Crippen LogP contribution in [0.2, 0.25) is 0 Å². The molecule has 0 radical (unpaired) electrons. The molecule has 3 N–H and O–H groups in total. The van der Waals surface area contributed by atoms with Crippen molar-refractivity contribution in [3.8, 4) is 0 Å². The van der Waals surface area contributed by atoms with E-state index in [1.54, 1.807) is 12.3 Å². The number of hydrogen-bond donors (Lipinski definition) is 3. The maximum absolute atomic E-state index is 13.4. The van der Waals surface area contributed by atoms with Gasteiger partial charge in [0.15, 0.2) is 0 Å². The number of carbonyl (C=O) groups excluding carboxylic acids is 1. The number of amides is 1. The number of aliphatic hydroxyl groups is 1. The highest BCUT2D eigenvalue weighted by Crippen LogP contribution is 2.20. The molecule has 0 saturated heterocycles. The fourth-order valence-corrected chi connectivity index (χ4v) is 2.06. The van der Waals surface area contributed by atoms with Crippen molar-refractivity contribution in [1.82, 2.24) is 10.3 Å². The summed E-state index contributed by atoms with van der Waals surface area (Å²) in [5.74, 6) is -2.18. The van der Waals surface area contributed by atoms with Crippen molar-refractivity contribution >= 4 is 21.8 Å². The summed E-state index contributed by atoms with van der Waals surface area (Å²) in [6, 6.07) is 4.85. The van der Waals surface area contributed by atoms with Gasteiger partial charge in [0.05, 0.1) is 5.56 Å². The number of halogens is 3. The van der Waals surface area contributed by atoms with Crippen LogP contribution in [0.25, 0.3) is 0 Å². The monoisotopic (exact) mass is 344 g/mol. The van der Waals surface area contributed by atoms with Crippen LogP contribution in [-0.2, 0) is 0 Å². The number of aromatic amines is 1. The molecule has 2 rings (SSSR count). The third-order valence-corrected chi connectivity index (χ3v) is 3.14. The molecule has 1 aromatic carbocycles. The van der Waals surface area contributed by atoms with Gasteiger partial charge in [0.1, 0.15) is 23.4 Å². The van der Waals surface area contributed by atoms with E-state index in [9.17, 15) is 18.7 Å². The van der Waals surface area contributed by atoms with Crippen LogP contribution in [0.5, 0.6) is 0 Å². The van der Waals surface area contributed by atoms with Gasteiger partial charge in [0.25, 0.3) is 5.91 Å². The lowest BCUT2D eigenvalue weighted by molar-refractivity contribution is 0.0907. The summed E-state index contributed by atoms with van der Waals surface area (Å²) in [5, 5.41) is 12.2. The zero-order chi connectivity index (χ0) is 14.7. The molecule has 1 atom stereocenters. The van der Waals surface area contributed by atoms with Crippen molar-refractivity contribution in [2.45, 2.75) is 6.10 Å². The van der Waals surface area contributed by atoms with Gasteiger partial charge in [0.2, 0.25) is 0 Å². The number of nitrogens with one attached hydrogen (secondary N) is 2. The van der Waals surface area contributed by atoms with Crippen molar-refractivity contribution in [3.05, 3.63) is 57.8 Å². The second-order valence-electron chi connectivity index (χ2n) is 4.09. The smallest absolute Gasteiger partial charge is 0.267 e. The van der Waals surface area contributed by atoms with E-state index in [1.807, 2.05) is 0 Å². The Morgan fingerprint density at radius 1 is 1.40 bits per heavy atom. The number of carbonyl (C=O) groups is 1. The Morgan fingerprint density at radius 3 is 2.60 bits per heavy atom. The van der Waals surface area contributed by atoms with Gasteiger partial charge in [-0.3, -0.25) is 4.79 Å². The lowest BCUT2D eigenvalue weighted by atomic mass is 10.1. The van der Waals surface area contributed by atoms with Gasteiger partial charge in [-0.1, -0.05) is 6.07 Å². The SMILES string of the molecule is O=C(NC[C@H](O)c1c(F)cccc1F)c1cc(Br)c[nH]1. The van der Waals surface area contributed by atoms with E-state index in [0.717, 1.165) is 12.1 Å². The van der Waals surface area contributed by atoms with E-state index in [2.05, 4.69) is 26.2 Å². The number of aromatic nitrogens is 1. The minimum absolute atomic E-state index is 0.276. The highest BCUT2D eigenvalue weighted by Gasteiger charge is 2.19. The maximum atomic E-state index is 13.4. The van der Waals surface area contributed by atoms with Gasteiger partial charge in [0, 0.05) is 17.2 Å². The Morgan fingerprint density at radius 2 is 2.05 bits per heavy atom. The van der Waals surface area contributed by atoms with Gasteiger partial charge in [-0.05, 0) is 34.1 Å². The van der Waals surface area contributed by atoms with Gasteiger partial charge in [-0.2, -0.15) is 0 Å². The summed E-state index contributed by atoms with van der Waals surface area (Å²) in [6.45, 7) is -0.298. The van der Waals surface area contributed by atoms with E-state index < -0.39 is 29.2 Å². The predicted molar refractivity (Wildman–Crippen MR) is 72.1 cm³/mol.